The maximum Gasteiger partial charge on any atom is 0.337 e. The molecule has 0 spiro atoms. The van der Waals surface area contributed by atoms with Crippen molar-refractivity contribution in [2.45, 2.75) is 24.9 Å². The summed E-state index contributed by atoms with van der Waals surface area (Å²) in [7, 11) is 1.30. The Balaban J connectivity index is 1.92. The summed E-state index contributed by atoms with van der Waals surface area (Å²) in [6, 6.07) is 17.5. The molecule has 2 aromatic carbocycles. The summed E-state index contributed by atoms with van der Waals surface area (Å²) >= 11 is 0. The number of fused-ring (bicyclic) bond motifs is 3. The second-order valence-corrected chi connectivity index (χ2v) is 7.53. The van der Waals surface area contributed by atoms with Gasteiger partial charge in [-0.15, -0.1) is 0 Å². The molecule has 0 radical (unpaired) electrons. The van der Waals surface area contributed by atoms with E-state index >= 15 is 0 Å². The fourth-order valence-electron chi connectivity index (χ4n) is 4.77. The molecule has 4 rings (SSSR count). The molecule has 2 aliphatic rings. The van der Waals surface area contributed by atoms with E-state index in [1.165, 1.54) is 14.0 Å². The van der Waals surface area contributed by atoms with Crippen molar-refractivity contribution in [3.8, 4) is 12.1 Å². The molecule has 0 aliphatic carbocycles. The molecule has 2 heterocycles. The fraction of sp³-hybridized carbons (Fsp3) is 0.250. The minimum absolute atomic E-state index is 0.126. The summed E-state index contributed by atoms with van der Waals surface area (Å²) < 4.78 is 4.75. The van der Waals surface area contributed by atoms with E-state index in [0.29, 0.717) is 11.1 Å². The summed E-state index contributed by atoms with van der Waals surface area (Å²) in [5, 5.41) is 20.6. The molecular weight excluding hydrogens is 378 g/mol. The lowest BCUT2D eigenvalue weighted by molar-refractivity contribution is -0.121. The van der Waals surface area contributed by atoms with E-state index in [4.69, 9.17) is 4.74 Å². The first kappa shape index (κ1) is 19.4. The van der Waals surface area contributed by atoms with Crippen molar-refractivity contribution in [1.82, 2.24) is 4.90 Å². The van der Waals surface area contributed by atoms with E-state index in [9.17, 15) is 20.1 Å². The quantitative estimate of drug-likeness (QED) is 0.735. The Morgan fingerprint density at radius 1 is 1.07 bits per heavy atom. The number of rotatable bonds is 3. The first-order chi connectivity index (χ1) is 14.5. The average Bonchev–Trinajstić information content (AvgIpc) is 3.10. The molecule has 2 aromatic rings. The molecule has 1 saturated heterocycles. The number of nitrogens with zero attached hydrogens (tertiary/aromatic N) is 3. The number of esters is 1. The third kappa shape index (κ3) is 2.62. The molecule has 6 heteroatoms. The second kappa shape index (κ2) is 7.17. The van der Waals surface area contributed by atoms with Gasteiger partial charge >= 0.3 is 5.97 Å². The average molecular weight is 397 g/mol. The highest BCUT2D eigenvalue weighted by Crippen LogP contribution is 2.59. The number of carbonyl (C=O) groups is 2. The van der Waals surface area contributed by atoms with Crippen LogP contribution in [-0.4, -0.2) is 29.8 Å². The van der Waals surface area contributed by atoms with Crippen LogP contribution >= 0.6 is 0 Å². The number of hydrogen-bond acceptors (Lipinski definition) is 6. The van der Waals surface area contributed by atoms with Gasteiger partial charge in [0.15, 0.2) is 11.2 Å². The monoisotopic (exact) mass is 397 g/mol. The fourth-order valence-corrected chi connectivity index (χ4v) is 4.77. The van der Waals surface area contributed by atoms with Crippen molar-refractivity contribution in [2.24, 2.45) is 5.41 Å². The van der Waals surface area contributed by atoms with Gasteiger partial charge in [0, 0.05) is 12.1 Å². The van der Waals surface area contributed by atoms with Crippen LogP contribution < -0.4 is 0 Å². The molecule has 6 nitrogen and oxygen atoms in total. The molecule has 148 valence electrons. The normalized spacial score (nSPS) is 22.9. The summed E-state index contributed by atoms with van der Waals surface area (Å²) in [5.41, 5.74) is 1.32. The number of methoxy groups -OCH3 is 1. The summed E-state index contributed by atoms with van der Waals surface area (Å²) in [4.78, 5) is 26.4. The Kier molecular flexibility index (Phi) is 4.64. The highest BCUT2D eigenvalue weighted by Gasteiger charge is 2.63. The van der Waals surface area contributed by atoms with Gasteiger partial charge in [0.05, 0.1) is 36.9 Å². The topological polar surface area (TPSA) is 94.2 Å². The molecule has 0 bridgehead atoms. The number of ketones is 1. The Morgan fingerprint density at radius 2 is 1.73 bits per heavy atom. The van der Waals surface area contributed by atoms with E-state index in [-0.39, 0.29) is 5.78 Å². The van der Waals surface area contributed by atoms with Crippen LogP contribution in [-0.2, 0) is 9.53 Å². The van der Waals surface area contributed by atoms with Crippen LogP contribution in [0.15, 0.2) is 54.7 Å². The number of hydrogen-bond donors (Lipinski definition) is 0. The number of Topliss-reactive ketones (excluding diaryl/α,β-unsaturated/α-hetero) is 1. The van der Waals surface area contributed by atoms with Gasteiger partial charge in [-0.2, -0.15) is 10.5 Å². The highest BCUT2D eigenvalue weighted by molar-refractivity contribution is 5.89. The van der Waals surface area contributed by atoms with Crippen LogP contribution in [0.2, 0.25) is 0 Å². The van der Waals surface area contributed by atoms with Crippen molar-refractivity contribution >= 4 is 17.8 Å². The Morgan fingerprint density at radius 3 is 2.33 bits per heavy atom. The Hall–Kier alpha value is -3.90. The standard InChI is InChI=1S/C24H19N3O3/c1-15(28)21-20(17-7-9-18(10-8-17)23(29)30-2)24(13-25,14-26)22-19-6-4-3-5-16(19)11-12-27(21)22/h3-12,20-22H,1-2H3/t20-,21-,22-/m0/s1. The maximum atomic E-state index is 12.8. The van der Waals surface area contributed by atoms with Gasteiger partial charge in [0.25, 0.3) is 0 Å². The zero-order valence-corrected chi connectivity index (χ0v) is 16.6. The first-order valence-corrected chi connectivity index (χ1v) is 9.54. The predicted octanol–water partition coefficient (Wildman–Crippen LogP) is 3.59. The van der Waals surface area contributed by atoms with Crippen LogP contribution in [0.5, 0.6) is 0 Å². The zero-order chi connectivity index (χ0) is 21.5. The highest BCUT2D eigenvalue weighted by atomic mass is 16.5. The summed E-state index contributed by atoms with van der Waals surface area (Å²) in [6.45, 7) is 1.48. The van der Waals surface area contributed by atoms with Gasteiger partial charge in [-0.1, -0.05) is 36.4 Å². The van der Waals surface area contributed by atoms with Gasteiger partial charge in [-0.3, -0.25) is 4.79 Å². The number of carbonyl (C=O) groups excluding carboxylic acids is 2. The van der Waals surface area contributed by atoms with Gasteiger partial charge < -0.3 is 9.64 Å². The van der Waals surface area contributed by atoms with Crippen molar-refractivity contribution in [3.05, 3.63) is 77.0 Å². The van der Waals surface area contributed by atoms with E-state index in [1.54, 1.807) is 24.3 Å². The minimum Gasteiger partial charge on any atom is -0.465 e. The van der Waals surface area contributed by atoms with Crippen molar-refractivity contribution in [1.29, 1.82) is 10.5 Å². The Bertz CT molecular complexity index is 1120. The smallest absolute Gasteiger partial charge is 0.337 e. The zero-order valence-electron chi connectivity index (χ0n) is 16.6. The van der Waals surface area contributed by atoms with Crippen LogP contribution in [0.4, 0.5) is 0 Å². The van der Waals surface area contributed by atoms with Crippen molar-refractivity contribution in [3.63, 3.8) is 0 Å². The second-order valence-electron chi connectivity index (χ2n) is 7.53. The molecule has 2 aliphatic heterocycles. The lowest BCUT2D eigenvalue weighted by atomic mass is 9.67. The molecular formula is C24H19N3O3. The SMILES string of the molecule is COC(=O)c1ccc([C@H]2[C@H](C(C)=O)N3C=Cc4ccccc4[C@H]3C2(C#N)C#N)cc1. The van der Waals surface area contributed by atoms with E-state index in [1.807, 2.05) is 41.4 Å². The number of ether oxygens (including phenoxy) is 1. The third-order valence-corrected chi connectivity index (χ3v) is 6.05. The number of benzene rings is 2. The van der Waals surface area contributed by atoms with E-state index in [0.717, 1.165) is 11.1 Å². The lowest BCUT2D eigenvalue weighted by Gasteiger charge is -2.34. The van der Waals surface area contributed by atoms with Crippen LogP contribution in [0.25, 0.3) is 6.08 Å². The largest absolute Gasteiger partial charge is 0.465 e. The molecule has 3 atom stereocenters. The summed E-state index contributed by atoms with van der Waals surface area (Å²) in [6.07, 6.45) is 3.72. The van der Waals surface area contributed by atoms with Crippen LogP contribution in [0.1, 0.15) is 45.9 Å². The number of nitriles is 2. The maximum absolute atomic E-state index is 12.8. The van der Waals surface area contributed by atoms with Crippen molar-refractivity contribution in [2.75, 3.05) is 7.11 Å². The molecule has 0 unspecified atom stereocenters. The van der Waals surface area contributed by atoms with Crippen LogP contribution in [0.3, 0.4) is 0 Å². The van der Waals surface area contributed by atoms with E-state index < -0.39 is 29.4 Å². The molecule has 0 amide bonds. The molecule has 1 fully saturated rings. The lowest BCUT2D eigenvalue weighted by Crippen LogP contribution is -2.36. The van der Waals surface area contributed by atoms with Gasteiger partial charge in [0.1, 0.15) is 0 Å². The Labute approximate surface area is 174 Å². The molecule has 0 saturated carbocycles. The molecule has 0 N–H and O–H groups in total. The first-order valence-electron chi connectivity index (χ1n) is 9.54. The third-order valence-electron chi connectivity index (χ3n) is 6.05. The van der Waals surface area contributed by atoms with Crippen LogP contribution in [0, 0.1) is 28.1 Å². The minimum atomic E-state index is -1.48. The predicted molar refractivity (Wildman–Crippen MR) is 109 cm³/mol. The molecule has 30 heavy (non-hydrogen) atoms. The van der Waals surface area contributed by atoms with Gasteiger partial charge in [-0.05, 0) is 41.8 Å². The molecule has 0 aromatic heterocycles. The summed E-state index contributed by atoms with van der Waals surface area (Å²) in [5.74, 6) is -1.28. The van der Waals surface area contributed by atoms with Crippen molar-refractivity contribution < 1.29 is 14.3 Å². The van der Waals surface area contributed by atoms with Gasteiger partial charge in [-0.25, -0.2) is 4.79 Å². The van der Waals surface area contributed by atoms with E-state index in [2.05, 4.69) is 12.1 Å². The van der Waals surface area contributed by atoms with Gasteiger partial charge in [0.2, 0.25) is 0 Å².